The molecule has 0 saturated heterocycles. The van der Waals surface area contributed by atoms with Gasteiger partial charge in [-0.2, -0.15) is 0 Å². The SMILES string of the molecule is O=C1C=C(c2ccccc2F)C(=O)c2ccccc21. The first-order chi connectivity index (χ1) is 9.18. The van der Waals surface area contributed by atoms with Crippen LogP contribution in [0.3, 0.4) is 0 Å². The zero-order valence-corrected chi connectivity index (χ0v) is 9.89. The van der Waals surface area contributed by atoms with E-state index in [2.05, 4.69) is 0 Å². The smallest absolute Gasteiger partial charge is 0.194 e. The Kier molecular flexibility index (Phi) is 2.60. The number of allylic oxidation sites excluding steroid dienone is 2. The molecule has 0 unspecified atom stereocenters. The molecule has 3 rings (SSSR count). The minimum atomic E-state index is -0.505. The molecule has 2 aromatic carbocycles. The molecule has 2 nitrogen and oxygen atoms in total. The predicted molar refractivity (Wildman–Crippen MR) is 69.5 cm³/mol. The van der Waals surface area contributed by atoms with Crippen LogP contribution in [-0.4, -0.2) is 11.6 Å². The van der Waals surface area contributed by atoms with Crippen molar-refractivity contribution in [1.29, 1.82) is 0 Å². The second kappa shape index (κ2) is 4.28. The van der Waals surface area contributed by atoms with E-state index >= 15 is 0 Å². The number of carbonyl (C=O) groups excluding carboxylic acids is 2. The molecule has 0 amide bonds. The van der Waals surface area contributed by atoms with Crippen molar-refractivity contribution in [2.75, 3.05) is 0 Å². The van der Waals surface area contributed by atoms with Gasteiger partial charge in [-0.3, -0.25) is 9.59 Å². The first kappa shape index (κ1) is 11.5. The Balaban J connectivity index is 2.19. The lowest BCUT2D eigenvalue weighted by molar-refractivity contribution is 0.100. The van der Waals surface area contributed by atoms with Gasteiger partial charge >= 0.3 is 0 Å². The number of carbonyl (C=O) groups is 2. The molecule has 3 heteroatoms. The minimum Gasteiger partial charge on any atom is -0.289 e. The molecule has 0 N–H and O–H groups in total. The van der Waals surface area contributed by atoms with Gasteiger partial charge in [0.05, 0.1) is 0 Å². The Morgan fingerprint density at radius 1 is 0.737 bits per heavy atom. The van der Waals surface area contributed by atoms with Crippen LogP contribution in [-0.2, 0) is 0 Å². The summed E-state index contributed by atoms with van der Waals surface area (Å²) >= 11 is 0. The van der Waals surface area contributed by atoms with Crippen molar-refractivity contribution < 1.29 is 14.0 Å². The second-order valence-corrected chi connectivity index (χ2v) is 4.28. The quantitative estimate of drug-likeness (QED) is 0.780. The summed E-state index contributed by atoms with van der Waals surface area (Å²) < 4.78 is 13.7. The highest BCUT2D eigenvalue weighted by Crippen LogP contribution is 2.28. The standard InChI is InChI=1S/C16H9FO2/c17-14-8-4-3-5-10(14)13-9-15(18)11-6-1-2-7-12(11)16(13)19/h1-9H. The third-order valence-corrected chi connectivity index (χ3v) is 3.12. The van der Waals surface area contributed by atoms with E-state index in [1.165, 1.54) is 18.2 Å². The molecule has 0 bridgehead atoms. The third-order valence-electron chi connectivity index (χ3n) is 3.12. The number of halogens is 1. The summed E-state index contributed by atoms with van der Waals surface area (Å²) in [6, 6.07) is 12.5. The lowest BCUT2D eigenvalue weighted by Crippen LogP contribution is -2.16. The summed E-state index contributed by atoms with van der Waals surface area (Å²) in [6.45, 7) is 0. The first-order valence-electron chi connectivity index (χ1n) is 5.83. The summed E-state index contributed by atoms with van der Waals surface area (Å²) in [7, 11) is 0. The van der Waals surface area contributed by atoms with Crippen molar-refractivity contribution in [2.24, 2.45) is 0 Å². The number of hydrogen-bond donors (Lipinski definition) is 0. The lowest BCUT2D eigenvalue weighted by atomic mass is 9.86. The molecule has 0 saturated carbocycles. The normalized spacial score (nSPS) is 14.1. The summed E-state index contributed by atoms with van der Waals surface area (Å²) in [5.74, 6) is -1.09. The van der Waals surface area contributed by atoms with Crippen molar-refractivity contribution in [2.45, 2.75) is 0 Å². The van der Waals surface area contributed by atoms with Crippen LogP contribution in [0.4, 0.5) is 4.39 Å². The molecule has 1 aliphatic rings. The van der Waals surface area contributed by atoms with Crippen molar-refractivity contribution in [1.82, 2.24) is 0 Å². The maximum Gasteiger partial charge on any atom is 0.194 e. The van der Waals surface area contributed by atoms with Crippen LogP contribution in [0.15, 0.2) is 54.6 Å². The Labute approximate surface area is 109 Å². The average molecular weight is 252 g/mol. The van der Waals surface area contributed by atoms with Crippen molar-refractivity contribution in [3.8, 4) is 0 Å². The fourth-order valence-corrected chi connectivity index (χ4v) is 2.20. The van der Waals surface area contributed by atoms with Gasteiger partial charge in [0.15, 0.2) is 11.6 Å². The molecular formula is C16H9FO2. The Bertz CT molecular complexity index is 729. The van der Waals surface area contributed by atoms with E-state index in [1.807, 2.05) is 0 Å². The van der Waals surface area contributed by atoms with Gasteiger partial charge < -0.3 is 0 Å². The van der Waals surface area contributed by atoms with E-state index in [9.17, 15) is 14.0 Å². The van der Waals surface area contributed by atoms with E-state index in [-0.39, 0.29) is 22.7 Å². The number of benzene rings is 2. The molecular weight excluding hydrogens is 243 g/mol. The van der Waals surface area contributed by atoms with Crippen molar-refractivity contribution in [3.63, 3.8) is 0 Å². The van der Waals surface area contributed by atoms with Crippen LogP contribution in [0, 0.1) is 5.82 Å². The first-order valence-corrected chi connectivity index (χ1v) is 5.83. The molecule has 2 aromatic rings. The molecule has 0 aliphatic heterocycles. The number of rotatable bonds is 1. The highest BCUT2D eigenvalue weighted by molar-refractivity contribution is 6.38. The zero-order chi connectivity index (χ0) is 13.4. The molecule has 92 valence electrons. The number of hydrogen-bond acceptors (Lipinski definition) is 2. The Hall–Kier alpha value is -2.55. The van der Waals surface area contributed by atoms with Gasteiger partial charge in [-0.25, -0.2) is 4.39 Å². The maximum atomic E-state index is 13.7. The van der Waals surface area contributed by atoms with Gasteiger partial charge in [0.1, 0.15) is 5.82 Å². The zero-order valence-electron chi connectivity index (χ0n) is 9.89. The van der Waals surface area contributed by atoms with Crippen LogP contribution in [0.25, 0.3) is 5.57 Å². The number of Topliss-reactive ketones (excluding diaryl/α,β-unsaturated/α-hetero) is 1. The van der Waals surface area contributed by atoms with Gasteiger partial charge in [-0.1, -0.05) is 42.5 Å². The lowest BCUT2D eigenvalue weighted by Gasteiger charge is -2.15. The molecule has 0 fully saturated rings. The molecule has 0 atom stereocenters. The van der Waals surface area contributed by atoms with E-state index in [0.29, 0.717) is 11.1 Å². The topological polar surface area (TPSA) is 34.1 Å². The molecule has 1 aliphatic carbocycles. The summed E-state index contributed by atoms with van der Waals surface area (Å²) in [5.41, 5.74) is 0.970. The van der Waals surface area contributed by atoms with Gasteiger partial charge in [-0.05, 0) is 12.1 Å². The molecule has 0 heterocycles. The number of fused-ring (bicyclic) bond motifs is 1. The van der Waals surface area contributed by atoms with Gasteiger partial charge in [0.2, 0.25) is 0 Å². The highest BCUT2D eigenvalue weighted by Gasteiger charge is 2.27. The van der Waals surface area contributed by atoms with Crippen LogP contribution in [0.2, 0.25) is 0 Å². The third kappa shape index (κ3) is 1.80. The monoisotopic (exact) mass is 252 g/mol. The molecule has 0 aromatic heterocycles. The van der Waals surface area contributed by atoms with Crippen LogP contribution < -0.4 is 0 Å². The summed E-state index contributed by atoms with van der Waals surface area (Å²) in [6.07, 6.45) is 1.21. The molecule has 19 heavy (non-hydrogen) atoms. The van der Waals surface area contributed by atoms with Crippen LogP contribution in [0.1, 0.15) is 26.3 Å². The predicted octanol–water partition coefficient (Wildman–Crippen LogP) is 3.29. The van der Waals surface area contributed by atoms with Gasteiger partial charge in [-0.15, -0.1) is 0 Å². The minimum absolute atomic E-state index is 0.113. The van der Waals surface area contributed by atoms with Gasteiger partial charge in [0.25, 0.3) is 0 Å². The van der Waals surface area contributed by atoms with E-state index in [4.69, 9.17) is 0 Å². The van der Waals surface area contributed by atoms with E-state index in [1.54, 1.807) is 36.4 Å². The maximum absolute atomic E-state index is 13.7. The Morgan fingerprint density at radius 3 is 2.00 bits per heavy atom. The van der Waals surface area contributed by atoms with Crippen LogP contribution in [0.5, 0.6) is 0 Å². The molecule has 0 spiro atoms. The largest absolute Gasteiger partial charge is 0.289 e. The summed E-state index contributed by atoms with van der Waals surface area (Å²) in [5, 5.41) is 0. The van der Waals surface area contributed by atoms with Crippen molar-refractivity contribution in [3.05, 3.63) is 77.1 Å². The van der Waals surface area contributed by atoms with Crippen LogP contribution >= 0.6 is 0 Å². The second-order valence-electron chi connectivity index (χ2n) is 4.28. The summed E-state index contributed by atoms with van der Waals surface area (Å²) in [4.78, 5) is 24.3. The highest BCUT2D eigenvalue weighted by atomic mass is 19.1. The van der Waals surface area contributed by atoms with Gasteiger partial charge in [0, 0.05) is 22.3 Å². The fourth-order valence-electron chi connectivity index (χ4n) is 2.20. The van der Waals surface area contributed by atoms with E-state index in [0.717, 1.165) is 0 Å². The molecule has 0 radical (unpaired) electrons. The van der Waals surface area contributed by atoms with E-state index < -0.39 is 5.82 Å². The fraction of sp³-hybridized carbons (Fsp3) is 0. The van der Waals surface area contributed by atoms with Crippen molar-refractivity contribution >= 4 is 17.1 Å². The average Bonchev–Trinajstić information content (AvgIpc) is 2.44. The Morgan fingerprint density at radius 2 is 1.32 bits per heavy atom. The number of ketones is 2.